The van der Waals surface area contributed by atoms with E-state index in [1.807, 2.05) is 13.8 Å². The van der Waals surface area contributed by atoms with Gasteiger partial charge in [0.25, 0.3) is 0 Å². The second-order valence-electron chi connectivity index (χ2n) is 4.69. The molecule has 0 saturated heterocycles. The van der Waals surface area contributed by atoms with E-state index in [0.717, 1.165) is 0 Å². The van der Waals surface area contributed by atoms with Gasteiger partial charge < -0.3 is 19.6 Å². The number of nitrogens with zero attached hydrogens (tertiary/aromatic N) is 2. The van der Waals surface area contributed by atoms with Gasteiger partial charge in [-0.2, -0.15) is 0 Å². The summed E-state index contributed by atoms with van der Waals surface area (Å²) < 4.78 is 4.79. The monoisotopic (exact) mass is 288 g/mol. The minimum atomic E-state index is -0.947. The van der Waals surface area contributed by atoms with E-state index in [2.05, 4.69) is 0 Å². The zero-order chi connectivity index (χ0) is 15.7. The number of urea groups is 1. The van der Waals surface area contributed by atoms with Crippen molar-refractivity contribution in [1.82, 2.24) is 9.80 Å². The van der Waals surface area contributed by atoms with E-state index in [-0.39, 0.29) is 44.0 Å². The van der Waals surface area contributed by atoms with E-state index in [1.54, 1.807) is 14.0 Å². The lowest BCUT2D eigenvalue weighted by Crippen LogP contribution is -2.46. The summed E-state index contributed by atoms with van der Waals surface area (Å²) in [5.74, 6) is -1.30. The van der Waals surface area contributed by atoms with Crippen molar-refractivity contribution < 1.29 is 24.2 Å². The molecule has 0 aliphatic carbocycles. The van der Waals surface area contributed by atoms with Crippen molar-refractivity contribution in [1.29, 1.82) is 0 Å². The fourth-order valence-corrected chi connectivity index (χ4v) is 1.60. The van der Waals surface area contributed by atoms with Gasteiger partial charge in [0.15, 0.2) is 0 Å². The summed E-state index contributed by atoms with van der Waals surface area (Å²) >= 11 is 0. The maximum Gasteiger partial charge on any atom is 0.319 e. The number of carboxylic acid groups (broad SMARTS) is 1. The summed E-state index contributed by atoms with van der Waals surface area (Å²) in [7, 11) is 1.58. The third kappa shape index (κ3) is 6.96. The fourth-order valence-electron chi connectivity index (χ4n) is 1.60. The van der Waals surface area contributed by atoms with Crippen molar-refractivity contribution in [2.45, 2.75) is 39.7 Å². The lowest BCUT2D eigenvalue weighted by atomic mass is 10.3. The number of rotatable bonds is 8. The van der Waals surface area contributed by atoms with E-state index in [1.165, 1.54) is 9.80 Å². The van der Waals surface area contributed by atoms with Crippen LogP contribution in [0.4, 0.5) is 4.79 Å². The highest BCUT2D eigenvalue weighted by atomic mass is 16.5. The topological polar surface area (TPSA) is 87.2 Å². The maximum atomic E-state index is 12.2. The summed E-state index contributed by atoms with van der Waals surface area (Å²) in [6.07, 6.45) is 0.0244. The highest BCUT2D eigenvalue weighted by Gasteiger charge is 2.21. The zero-order valence-electron chi connectivity index (χ0n) is 12.6. The van der Waals surface area contributed by atoms with Gasteiger partial charge in [0.05, 0.1) is 19.4 Å². The molecule has 0 aromatic carbocycles. The van der Waals surface area contributed by atoms with E-state index >= 15 is 0 Å². The number of esters is 1. The Labute approximate surface area is 119 Å². The molecule has 0 heterocycles. The van der Waals surface area contributed by atoms with Crippen LogP contribution in [0.25, 0.3) is 0 Å². The Kier molecular flexibility index (Phi) is 8.35. The molecule has 0 atom stereocenters. The number of hydrogen-bond acceptors (Lipinski definition) is 4. The van der Waals surface area contributed by atoms with Crippen molar-refractivity contribution in [3.05, 3.63) is 0 Å². The van der Waals surface area contributed by atoms with Gasteiger partial charge >= 0.3 is 18.0 Å². The van der Waals surface area contributed by atoms with Crippen LogP contribution in [0.15, 0.2) is 0 Å². The van der Waals surface area contributed by atoms with Gasteiger partial charge in [-0.1, -0.05) is 0 Å². The average Bonchev–Trinajstić information content (AvgIpc) is 2.35. The smallest absolute Gasteiger partial charge is 0.319 e. The predicted octanol–water partition coefficient (Wildman–Crippen LogP) is 1.18. The Bertz CT molecular complexity index is 344. The van der Waals surface area contributed by atoms with Crippen LogP contribution in [-0.4, -0.2) is 65.7 Å². The predicted molar refractivity (Wildman–Crippen MR) is 73.4 cm³/mol. The molecule has 0 spiro atoms. The molecule has 0 aromatic heterocycles. The first-order chi connectivity index (χ1) is 9.29. The molecule has 0 unspecified atom stereocenters. The Balaban J connectivity index is 4.41. The van der Waals surface area contributed by atoms with Crippen molar-refractivity contribution in [2.75, 3.05) is 26.7 Å². The third-order valence-corrected chi connectivity index (χ3v) is 2.72. The molecule has 0 rings (SSSR count). The Morgan fingerprint density at radius 1 is 1.15 bits per heavy atom. The molecule has 0 bridgehead atoms. The van der Waals surface area contributed by atoms with Crippen LogP contribution in [-0.2, 0) is 14.3 Å². The van der Waals surface area contributed by atoms with Gasteiger partial charge in [-0.15, -0.1) is 0 Å². The molecular weight excluding hydrogens is 264 g/mol. The number of carboxylic acids is 1. The van der Waals surface area contributed by atoms with Crippen LogP contribution in [0, 0.1) is 0 Å². The maximum absolute atomic E-state index is 12.2. The summed E-state index contributed by atoms with van der Waals surface area (Å²) in [6, 6.07) is -0.391. The summed E-state index contributed by atoms with van der Waals surface area (Å²) in [4.78, 5) is 36.9. The summed E-state index contributed by atoms with van der Waals surface area (Å²) in [6.45, 7) is 6.06. The van der Waals surface area contributed by atoms with E-state index < -0.39 is 5.97 Å². The molecule has 2 amide bonds. The van der Waals surface area contributed by atoms with Crippen molar-refractivity contribution in [3.8, 4) is 0 Å². The van der Waals surface area contributed by atoms with Crippen molar-refractivity contribution in [2.24, 2.45) is 0 Å². The molecular formula is C13H24N2O5. The van der Waals surface area contributed by atoms with Crippen LogP contribution >= 0.6 is 0 Å². The molecule has 0 radical (unpaired) electrons. The Morgan fingerprint density at radius 2 is 1.75 bits per heavy atom. The van der Waals surface area contributed by atoms with Crippen molar-refractivity contribution in [3.63, 3.8) is 0 Å². The van der Waals surface area contributed by atoms with Crippen LogP contribution in [0.5, 0.6) is 0 Å². The Hall–Kier alpha value is -1.79. The standard InChI is InChI=1S/C13H24N2O5/c1-5-20-12(18)7-8-14(4)13(19)15(10(2)3)9-6-11(16)17/h10H,5-9H2,1-4H3,(H,16,17). The first kappa shape index (κ1) is 18.2. The molecule has 7 nitrogen and oxygen atoms in total. The molecule has 0 saturated carbocycles. The SMILES string of the molecule is CCOC(=O)CCN(C)C(=O)N(CCC(=O)O)C(C)C. The number of ether oxygens (including phenoxy) is 1. The number of carbonyl (C=O) groups is 3. The van der Waals surface area contributed by atoms with E-state index in [0.29, 0.717) is 6.61 Å². The third-order valence-electron chi connectivity index (χ3n) is 2.72. The normalized spacial score (nSPS) is 10.2. The average molecular weight is 288 g/mol. The van der Waals surface area contributed by atoms with Crippen LogP contribution < -0.4 is 0 Å². The first-order valence-corrected chi connectivity index (χ1v) is 6.68. The van der Waals surface area contributed by atoms with Gasteiger partial charge in [0.2, 0.25) is 0 Å². The quantitative estimate of drug-likeness (QED) is 0.678. The van der Waals surface area contributed by atoms with Crippen LogP contribution in [0.3, 0.4) is 0 Å². The van der Waals surface area contributed by atoms with Gasteiger partial charge in [0.1, 0.15) is 0 Å². The minimum absolute atomic E-state index is 0.102. The number of carbonyl (C=O) groups excluding carboxylic acids is 2. The van der Waals surface area contributed by atoms with Crippen LogP contribution in [0.2, 0.25) is 0 Å². The zero-order valence-corrected chi connectivity index (χ0v) is 12.6. The molecule has 116 valence electrons. The van der Waals surface area contributed by atoms with E-state index in [9.17, 15) is 14.4 Å². The van der Waals surface area contributed by atoms with Crippen LogP contribution in [0.1, 0.15) is 33.6 Å². The number of amides is 2. The fraction of sp³-hybridized carbons (Fsp3) is 0.769. The lowest BCUT2D eigenvalue weighted by molar-refractivity contribution is -0.143. The lowest BCUT2D eigenvalue weighted by Gasteiger charge is -2.30. The minimum Gasteiger partial charge on any atom is -0.481 e. The highest BCUT2D eigenvalue weighted by molar-refractivity contribution is 5.76. The highest BCUT2D eigenvalue weighted by Crippen LogP contribution is 2.05. The number of aliphatic carboxylic acids is 1. The largest absolute Gasteiger partial charge is 0.481 e. The van der Waals surface area contributed by atoms with Gasteiger partial charge in [-0.05, 0) is 20.8 Å². The second kappa shape index (κ2) is 9.17. The van der Waals surface area contributed by atoms with Gasteiger partial charge in [-0.25, -0.2) is 4.79 Å². The van der Waals surface area contributed by atoms with Crippen molar-refractivity contribution >= 4 is 18.0 Å². The van der Waals surface area contributed by atoms with Gasteiger partial charge in [-0.3, -0.25) is 9.59 Å². The molecule has 20 heavy (non-hydrogen) atoms. The van der Waals surface area contributed by atoms with Gasteiger partial charge in [0, 0.05) is 26.2 Å². The Morgan fingerprint density at radius 3 is 2.20 bits per heavy atom. The molecule has 7 heteroatoms. The molecule has 0 aromatic rings. The van der Waals surface area contributed by atoms with E-state index in [4.69, 9.17) is 9.84 Å². The summed E-state index contributed by atoms with van der Waals surface area (Å²) in [5.41, 5.74) is 0. The molecule has 0 fully saturated rings. The summed E-state index contributed by atoms with van der Waals surface area (Å²) in [5, 5.41) is 8.69. The first-order valence-electron chi connectivity index (χ1n) is 6.68. The molecule has 0 aliphatic rings. The second-order valence-corrected chi connectivity index (χ2v) is 4.69. The molecule has 1 N–H and O–H groups in total. The number of hydrogen-bond donors (Lipinski definition) is 1. The molecule has 0 aliphatic heterocycles.